The molecular weight excluding hydrogens is 380 g/mol. The largest absolute Gasteiger partial charge is 0.378 e. The van der Waals surface area contributed by atoms with Crippen molar-refractivity contribution in [1.29, 1.82) is 0 Å². The van der Waals surface area contributed by atoms with Crippen LogP contribution in [0.5, 0.6) is 0 Å². The summed E-state index contributed by atoms with van der Waals surface area (Å²) in [6, 6.07) is 12.0. The van der Waals surface area contributed by atoms with E-state index in [1.165, 1.54) is 18.2 Å². The Morgan fingerprint density at radius 1 is 1.21 bits per heavy atom. The van der Waals surface area contributed by atoms with Crippen LogP contribution in [-0.4, -0.2) is 42.2 Å². The van der Waals surface area contributed by atoms with E-state index in [9.17, 15) is 14.9 Å². The zero-order valence-electron chi connectivity index (χ0n) is 15.3. The molecule has 28 heavy (non-hydrogen) atoms. The van der Waals surface area contributed by atoms with Gasteiger partial charge >= 0.3 is 0 Å². The standard InChI is InChI=1S/C19H20N4O4S/c1-13-6-7-14(12-17(13)23(25)26)18(24)21-19(28)20-15-4-2-3-5-16(15)22-8-10-27-11-9-22/h2-7,12H,8-11H2,1H3,(H2,20,21,24,28). The van der Waals surface area contributed by atoms with E-state index in [4.69, 9.17) is 17.0 Å². The number of carbonyl (C=O) groups is 1. The maximum atomic E-state index is 12.4. The minimum Gasteiger partial charge on any atom is -0.378 e. The molecule has 0 radical (unpaired) electrons. The van der Waals surface area contributed by atoms with E-state index in [1.807, 2.05) is 24.3 Å². The molecule has 1 aliphatic heterocycles. The maximum Gasteiger partial charge on any atom is 0.273 e. The number of aryl methyl sites for hydroxylation is 1. The number of amides is 1. The molecule has 0 bridgehead atoms. The zero-order valence-corrected chi connectivity index (χ0v) is 16.1. The van der Waals surface area contributed by atoms with Crippen molar-refractivity contribution in [3.05, 3.63) is 63.7 Å². The van der Waals surface area contributed by atoms with Crippen molar-refractivity contribution in [2.45, 2.75) is 6.92 Å². The Bertz CT molecular complexity index is 913. The van der Waals surface area contributed by atoms with Crippen LogP contribution in [0, 0.1) is 17.0 Å². The first-order valence-corrected chi connectivity index (χ1v) is 9.15. The summed E-state index contributed by atoms with van der Waals surface area (Å²) in [6.45, 7) is 4.47. The molecule has 0 unspecified atom stereocenters. The summed E-state index contributed by atoms with van der Waals surface area (Å²) < 4.78 is 5.39. The van der Waals surface area contributed by atoms with Crippen molar-refractivity contribution in [1.82, 2.24) is 5.32 Å². The Morgan fingerprint density at radius 2 is 1.93 bits per heavy atom. The smallest absolute Gasteiger partial charge is 0.273 e. The second kappa shape index (κ2) is 8.77. The molecule has 1 amide bonds. The van der Waals surface area contributed by atoms with Crippen LogP contribution in [0.2, 0.25) is 0 Å². The number of thiocarbonyl (C=S) groups is 1. The highest BCUT2D eigenvalue weighted by molar-refractivity contribution is 7.80. The monoisotopic (exact) mass is 400 g/mol. The Labute approximate surface area is 167 Å². The van der Waals surface area contributed by atoms with Crippen molar-refractivity contribution >= 4 is 40.3 Å². The Balaban J connectivity index is 1.70. The van der Waals surface area contributed by atoms with Gasteiger partial charge in [-0.25, -0.2) is 0 Å². The zero-order chi connectivity index (χ0) is 20.1. The number of hydrogen-bond acceptors (Lipinski definition) is 6. The normalized spacial score (nSPS) is 13.7. The van der Waals surface area contributed by atoms with Crippen molar-refractivity contribution in [2.24, 2.45) is 0 Å². The summed E-state index contributed by atoms with van der Waals surface area (Å²) in [7, 11) is 0. The van der Waals surface area contributed by atoms with Gasteiger partial charge in [0.1, 0.15) is 0 Å². The quantitative estimate of drug-likeness (QED) is 0.463. The molecule has 1 saturated heterocycles. The molecule has 0 aliphatic carbocycles. The van der Waals surface area contributed by atoms with Crippen LogP contribution in [-0.2, 0) is 4.74 Å². The van der Waals surface area contributed by atoms with Crippen LogP contribution in [0.25, 0.3) is 0 Å². The summed E-state index contributed by atoms with van der Waals surface area (Å²) in [6.07, 6.45) is 0. The van der Waals surface area contributed by atoms with Gasteiger partial charge < -0.3 is 15.0 Å². The molecule has 0 atom stereocenters. The van der Waals surface area contributed by atoms with Crippen molar-refractivity contribution < 1.29 is 14.5 Å². The number of nitro groups is 1. The second-order valence-electron chi connectivity index (χ2n) is 6.28. The number of para-hydroxylation sites is 2. The van der Waals surface area contributed by atoms with Crippen LogP contribution in [0.4, 0.5) is 17.1 Å². The lowest BCUT2D eigenvalue weighted by Gasteiger charge is -2.30. The molecule has 2 aromatic carbocycles. The van der Waals surface area contributed by atoms with E-state index in [0.717, 1.165) is 24.5 Å². The van der Waals surface area contributed by atoms with Crippen molar-refractivity contribution in [2.75, 3.05) is 36.5 Å². The molecule has 2 aromatic rings. The average molecular weight is 400 g/mol. The third kappa shape index (κ3) is 4.62. The molecule has 1 heterocycles. The van der Waals surface area contributed by atoms with E-state index >= 15 is 0 Å². The SMILES string of the molecule is Cc1ccc(C(=O)NC(=S)Nc2ccccc2N2CCOCC2)cc1[N+](=O)[O-]. The fourth-order valence-corrected chi connectivity index (χ4v) is 3.14. The number of hydrogen-bond donors (Lipinski definition) is 2. The first kappa shape index (κ1) is 19.7. The van der Waals surface area contributed by atoms with Gasteiger partial charge in [-0.05, 0) is 37.3 Å². The number of morpholine rings is 1. The lowest BCUT2D eigenvalue weighted by Crippen LogP contribution is -2.38. The van der Waals surface area contributed by atoms with Crippen LogP contribution < -0.4 is 15.5 Å². The predicted octanol–water partition coefficient (Wildman–Crippen LogP) is 2.87. The maximum absolute atomic E-state index is 12.4. The first-order valence-electron chi connectivity index (χ1n) is 8.75. The molecule has 9 heteroatoms. The van der Waals surface area contributed by atoms with Gasteiger partial charge in [-0.1, -0.05) is 18.2 Å². The molecule has 0 spiro atoms. The molecule has 8 nitrogen and oxygen atoms in total. The number of nitrogens with one attached hydrogen (secondary N) is 2. The molecule has 1 aliphatic rings. The Kier molecular flexibility index (Phi) is 6.17. The van der Waals surface area contributed by atoms with Crippen molar-refractivity contribution in [3.63, 3.8) is 0 Å². The highest BCUT2D eigenvalue weighted by atomic mass is 32.1. The molecule has 1 fully saturated rings. The first-order chi connectivity index (χ1) is 13.5. The van der Waals surface area contributed by atoms with E-state index in [2.05, 4.69) is 15.5 Å². The number of ether oxygens (including phenoxy) is 1. The van der Waals surface area contributed by atoms with Gasteiger partial charge in [-0.2, -0.15) is 0 Å². The molecular formula is C19H20N4O4S. The third-order valence-electron chi connectivity index (χ3n) is 4.40. The summed E-state index contributed by atoms with van der Waals surface area (Å²) >= 11 is 5.26. The predicted molar refractivity (Wildman–Crippen MR) is 111 cm³/mol. The average Bonchev–Trinajstić information content (AvgIpc) is 2.69. The summed E-state index contributed by atoms with van der Waals surface area (Å²) in [5.74, 6) is -0.510. The van der Waals surface area contributed by atoms with Crippen molar-refractivity contribution in [3.8, 4) is 0 Å². The van der Waals surface area contributed by atoms with Gasteiger partial charge in [0.05, 0.1) is 29.5 Å². The fourth-order valence-electron chi connectivity index (χ4n) is 2.94. The van der Waals surface area contributed by atoms with Crippen LogP contribution in [0.3, 0.4) is 0 Å². The van der Waals surface area contributed by atoms with Gasteiger partial charge in [-0.3, -0.25) is 20.2 Å². The lowest BCUT2D eigenvalue weighted by molar-refractivity contribution is -0.385. The number of rotatable bonds is 4. The minimum absolute atomic E-state index is 0.107. The summed E-state index contributed by atoms with van der Waals surface area (Å²) in [5.41, 5.74) is 2.28. The number of benzene rings is 2. The fraction of sp³-hybridized carbons (Fsp3) is 0.263. The third-order valence-corrected chi connectivity index (χ3v) is 4.60. The minimum atomic E-state index is -0.513. The molecule has 3 rings (SSSR count). The number of nitrogens with zero attached hydrogens (tertiary/aromatic N) is 2. The van der Waals surface area contributed by atoms with Crippen LogP contribution in [0.1, 0.15) is 15.9 Å². The topological polar surface area (TPSA) is 96.7 Å². The summed E-state index contributed by atoms with van der Waals surface area (Å²) in [4.78, 5) is 25.2. The van der Waals surface area contributed by atoms with Crippen LogP contribution in [0.15, 0.2) is 42.5 Å². The number of anilines is 2. The molecule has 0 aromatic heterocycles. The van der Waals surface area contributed by atoms with E-state index < -0.39 is 10.8 Å². The lowest BCUT2D eigenvalue weighted by atomic mass is 10.1. The van der Waals surface area contributed by atoms with Gasteiger partial charge in [-0.15, -0.1) is 0 Å². The van der Waals surface area contributed by atoms with E-state index in [1.54, 1.807) is 6.92 Å². The van der Waals surface area contributed by atoms with E-state index in [0.29, 0.717) is 18.8 Å². The molecule has 146 valence electrons. The van der Waals surface area contributed by atoms with Gasteiger partial charge in [0, 0.05) is 30.3 Å². The Morgan fingerprint density at radius 3 is 2.64 bits per heavy atom. The van der Waals surface area contributed by atoms with E-state index in [-0.39, 0.29) is 16.4 Å². The molecule has 2 N–H and O–H groups in total. The Hall–Kier alpha value is -3.04. The van der Waals surface area contributed by atoms with Gasteiger partial charge in [0.15, 0.2) is 5.11 Å². The number of carbonyl (C=O) groups excluding carboxylic acids is 1. The van der Waals surface area contributed by atoms with Gasteiger partial charge in [0.25, 0.3) is 11.6 Å². The number of nitro benzene ring substituents is 1. The highest BCUT2D eigenvalue weighted by Crippen LogP contribution is 2.26. The molecule has 0 saturated carbocycles. The second-order valence-corrected chi connectivity index (χ2v) is 6.69. The summed E-state index contributed by atoms with van der Waals surface area (Å²) in [5, 5.41) is 16.8. The van der Waals surface area contributed by atoms with Crippen LogP contribution >= 0.6 is 12.2 Å². The van der Waals surface area contributed by atoms with Gasteiger partial charge in [0.2, 0.25) is 0 Å². The highest BCUT2D eigenvalue weighted by Gasteiger charge is 2.18.